The molecule has 1 amide bonds. The van der Waals surface area contributed by atoms with Gasteiger partial charge in [0, 0.05) is 37.4 Å². The van der Waals surface area contributed by atoms with Gasteiger partial charge in [-0.2, -0.15) is 5.10 Å². The molecule has 8 nitrogen and oxygen atoms in total. The van der Waals surface area contributed by atoms with E-state index in [1.807, 2.05) is 54.2 Å². The van der Waals surface area contributed by atoms with E-state index in [1.54, 1.807) is 36.5 Å². The van der Waals surface area contributed by atoms with Crippen LogP contribution < -0.4 is 15.5 Å². The molecular weight excluding hydrogens is 418 g/mol. The molecule has 162 valence electrons. The van der Waals surface area contributed by atoms with E-state index in [9.17, 15) is 9.59 Å². The molecule has 0 radical (unpaired) electrons. The van der Waals surface area contributed by atoms with Crippen LogP contribution in [0.4, 0.5) is 5.69 Å². The molecule has 3 aromatic heterocycles. The third kappa shape index (κ3) is 4.09. The fourth-order valence-electron chi connectivity index (χ4n) is 3.44. The lowest BCUT2D eigenvalue weighted by Gasteiger charge is -2.10. The summed E-state index contributed by atoms with van der Waals surface area (Å²) >= 11 is 0. The minimum atomic E-state index is -0.584. The van der Waals surface area contributed by atoms with Crippen LogP contribution in [0.5, 0.6) is 11.5 Å². The molecule has 1 N–H and O–H groups in total. The van der Waals surface area contributed by atoms with Crippen molar-refractivity contribution in [2.45, 2.75) is 0 Å². The number of para-hydroxylation sites is 1. The van der Waals surface area contributed by atoms with E-state index in [2.05, 4.69) is 15.4 Å². The van der Waals surface area contributed by atoms with Gasteiger partial charge >= 0.3 is 0 Å². The summed E-state index contributed by atoms with van der Waals surface area (Å²) in [5, 5.41) is 7.83. The van der Waals surface area contributed by atoms with E-state index in [-0.39, 0.29) is 5.69 Å². The van der Waals surface area contributed by atoms with Crippen LogP contribution in [-0.4, -0.2) is 25.2 Å². The molecule has 0 aliphatic rings. The van der Waals surface area contributed by atoms with E-state index in [0.717, 1.165) is 16.7 Å². The van der Waals surface area contributed by atoms with E-state index >= 15 is 0 Å². The first-order chi connectivity index (χ1) is 16.1. The molecule has 0 fully saturated rings. The standard InChI is InChI=1S/C25H19N5O3/c1-29-15-12-20-22(11-14-26-24(20)29)33-19-9-7-17(8-10-19)27-25(32)23-21(31)13-16-30(28-23)18-5-3-2-4-6-18/h2-16H,1H3,(H,27,32). The summed E-state index contributed by atoms with van der Waals surface area (Å²) < 4.78 is 9.41. The quantitative estimate of drug-likeness (QED) is 0.446. The number of hydrogen-bond donors (Lipinski definition) is 1. The maximum Gasteiger partial charge on any atom is 0.280 e. The summed E-state index contributed by atoms with van der Waals surface area (Å²) in [4.78, 5) is 29.3. The molecule has 0 aliphatic carbocycles. The second-order valence-corrected chi connectivity index (χ2v) is 7.36. The third-order valence-electron chi connectivity index (χ3n) is 5.11. The summed E-state index contributed by atoms with van der Waals surface area (Å²) in [7, 11) is 1.92. The molecule has 0 saturated carbocycles. The Hall–Kier alpha value is -4.72. The predicted molar refractivity (Wildman–Crippen MR) is 125 cm³/mol. The second kappa shape index (κ2) is 8.43. The lowest BCUT2D eigenvalue weighted by atomic mass is 10.2. The van der Waals surface area contributed by atoms with Crippen LogP contribution in [0.25, 0.3) is 16.7 Å². The number of nitrogens with one attached hydrogen (secondary N) is 1. The number of pyridine rings is 1. The molecule has 0 bridgehead atoms. The number of benzene rings is 2. The van der Waals surface area contributed by atoms with E-state index < -0.39 is 11.3 Å². The Morgan fingerprint density at radius 1 is 0.939 bits per heavy atom. The molecule has 0 atom stereocenters. The highest BCUT2D eigenvalue weighted by Gasteiger charge is 2.14. The van der Waals surface area contributed by atoms with Gasteiger partial charge in [-0.3, -0.25) is 9.59 Å². The van der Waals surface area contributed by atoms with Gasteiger partial charge in [0.05, 0.1) is 11.1 Å². The first-order valence-electron chi connectivity index (χ1n) is 10.2. The van der Waals surface area contributed by atoms with Crippen LogP contribution in [0.1, 0.15) is 10.5 Å². The van der Waals surface area contributed by atoms with Crippen LogP contribution in [0.3, 0.4) is 0 Å². The van der Waals surface area contributed by atoms with Gasteiger partial charge in [-0.15, -0.1) is 0 Å². The number of ether oxygens (including phenoxy) is 1. The fourth-order valence-corrected chi connectivity index (χ4v) is 3.44. The number of anilines is 1. The summed E-state index contributed by atoms with van der Waals surface area (Å²) in [6.07, 6.45) is 5.15. The monoisotopic (exact) mass is 437 g/mol. The van der Waals surface area contributed by atoms with E-state index in [1.165, 1.54) is 16.9 Å². The van der Waals surface area contributed by atoms with Crippen molar-refractivity contribution in [2.75, 3.05) is 5.32 Å². The van der Waals surface area contributed by atoms with Crippen molar-refractivity contribution < 1.29 is 9.53 Å². The fraction of sp³-hybridized carbons (Fsp3) is 0.0400. The van der Waals surface area contributed by atoms with Crippen molar-refractivity contribution in [2.24, 2.45) is 7.05 Å². The number of aromatic nitrogens is 4. The van der Waals surface area contributed by atoms with Crippen molar-refractivity contribution in [1.29, 1.82) is 0 Å². The largest absolute Gasteiger partial charge is 0.457 e. The molecule has 2 aromatic carbocycles. The van der Waals surface area contributed by atoms with Crippen LogP contribution >= 0.6 is 0 Å². The number of carbonyl (C=O) groups excluding carboxylic acids is 1. The van der Waals surface area contributed by atoms with Gasteiger partial charge in [0.25, 0.3) is 5.91 Å². The van der Waals surface area contributed by atoms with Crippen molar-refractivity contribution in [3.05, 3.63) is 107 Å². The first-order valence-corrected chi connectivity index (χ1v) is 10.2. The van der Waals surface area contributed by atoms with E-state index in [0.29, 0.717) is 17.2 Å². The van der Waals surface area contributed by atoms with Gasteiger partial charge < -0.3 is 14.6 Å². The number of fused-ring (bicyclic) bond motifs is 1. The average molecular weight is 437 g/mol. The molecule has 8 heteroatoms. The maximum atomic E-state index is 12.7. The Balaban J connectivity index is 1.33. The average Bonchev–Trinajstić information content (AvgIpc) is 3.23. The third-order valence-corrected chi connectivity index (χ3v) is 5.11. The molecule has 0 unspecified atom stereocenters. The minimum Gasteiger partial charge on any atom is -0.457 e. The normalized spacial score (nSPS) is 10.8. The summed E-state index contributed by atoms with van der Waals surface area (Å²) in [5.41, 5.74) is 1.45. The number of aryl methyl sites for hydroxylation is 1. The zero-order chi connectivity index (χ0) is 22.8. The molecule has 0 saturated heterocycles. The molecular formula is C25H19N5O3. The smallest absolute Gasteiger partial charge is 0.280 e. The number of nitrogens with zero attached hydrogens (tertiary/aromatic N) is 4. The topological polar surface area (TPSA) is 91.0 Å². The lowest BCUT2D eigenvalue weighted by Crippen LogP contribution is -2.25. The van der Waals surface area contributed by atoms with Gasteiger partial charge in [-0.1, -0.05) is 18.2 Å². The van der Waals surface area contributed by atoms with Crippen LogP contribution in [0.2, 0.25) is 0 Å². The Kier molecular flexibility index (Phi) is 5.16. The Labute approximate surface area is 188 Å². The molecule has 3 heterocycles. The van der Waals surface area contributed by atoms with Gasteiger partial charge in [-0.25, -0.2) is 9.67 Å². The van der Waals surface area contributed by atoms with Crippen LogP contribution in [0.15, 0.2) is 96.2 Å². The zero-order valence-electron chi connectivity index (χ0n) is 17.7. The Morgan fingerprint density at radius 3 is 2.52 bits per heavy atom. The zero-order valence-corrected chi connectivity index (χ0v) is 17.7. The SMILES string of the molecule is Cn1ccc2c(Oc3ccc(NC(=O)c4nn(-c5ccccc5)ccc4=O)cc3)ccnc21. The summed E-state index contributed by atoms with van der Waals surface area (Å²) in [6, 6.07) is 21.2. The predicted octanol–water partition coefficient (Wildman–Crippen LogP) is 4.16. The molecule has 0 aliphatic heterocycles. The van der Waals surface area contributed by atoms with Crippen molar-refractivity contribution in [1.82, 2.24) is 19.3 Å². The number of hydrogen-bond acceptors (Lipinski definition) is 5. The second-order valence-electron chi connectivity index (χ2n) is 7.36. The van der Waals surface area contributed by atoms with Crippen molar-refractivity contribution >= 4 is 22.6 Å². The first kappa shape index (κ1) is 20.2. The summed E-state index contributed by atoms with van der Waals surface area (Å²) in [6.45, 7) is 0. The van der Waals surface area contributed by atoms with E-state index in [4.69, 9.17) is 4.74 Å². The van der Waals surface area contributed by atoms with Gasteiger partial charge in [0.1, 0.15) is 17.1 Å². The van der Waals surface area contributed by atoms with Crippen LogP contribution in [-0.2, 0) is 7.05 Å². The number of carbonyl (C=O) groups is 1. The maximum absolute atomic E-state index is 12.7. The van der Waals surface area contributed by atoms with Gasteiger partial charge in [0.15, 0.2) is 5.69 Å². The number of amides is 1. The Morgan fingerprint density at radius 2 is 1.73 bits per heavy atom. The van der Waals surface area contributed by atoms with Gasteiger partial charge in [0.2, 0.25) is 5.43 Å². The van der Waals surface area contributed by atoms with Crippen LogP contribution in [0, 0.1) is 0 Å². The Bertz CT molecular complexity index is 1510. The lowest BCUT2D eigenvalue weighted by molar-refractivity contribution is 0.101. The minimum absolute atomic E-state index is 0.190. The molecule has 5 rings (SSSR count). The highest BCUT2D eigenvalue weighted by atomic mass is 16.5. The van der Waals surface area contributed by atoms with Crippen molar-refractivity contribution in [3.8, 4) is 17.2 Å². The van der Waals surface area contributed by atoms with Crippen molar-refractivity contribution in [3.63, 3.8) is 0 Å². The molecule has 5 aromatic rings. The number of rotatable bonds is 5. The van der Waals surface area contributed by atoms with Gasteiger partial charge in [-0.05, 0) is 48.5 Å². The summed E-state index contributed by atoms with van der Waals surface area (Å²) in [5.74, 6) is 0.708. The highest BCUT2D eigenvalue weighted by Crippen LogP contribution is 2.29. The highest BCUT2D eigenvalue weighted by molar-refractivity contribution is 6.02. The molecule has 33 heavy (non-hydrogen) atoms. The molecule has 0 spiro atoms.